The molecule has 0 saturated carbocycles. The minimum absolute atomic E-state index is 0.00241. The molecule has 15 heavy (non-hydrogen) atoms. The molecular formula is C12H24N2O. The van der Waals surface area contributed by atoms with Gasteiger partial charge in [0.05, 0.1) is 6.04 Å². The van der Waals surface area contributed by atoms with E-state index in [1.54, 1.807) is 11.0 Å². The summed E-state index contributed by atoms with van der Waals surface area (Å²) in [6.07, 6.45) is 1.73. The SMILES string of the molecule is C=CCN(C(=O)C(N)C(C)C)C(C)(C)C. The Balaban J connectivity index is 4.78. The first kappa shape index (κ1) is 14.2. The van der Waals surface area contributed by atoms with Crippen LogP contribution in [0.5, 0.6) is 0 Å². The van der Waals surface area contributed by atoms with Crippen LogP contribution in [0.3, 0.4) is 0 Å². The quantitative estimate of drug-likeness (QED) is 0.722. The molecule has 0 saturated heterocycles. The Hall–Kier alpha value is -0.830. The number of hydrogen-bond donors (Lipinski definition) is 1. The highest BCUT2D eigenvalue weighted by molar-refractivity contribution is 5.82. The largest absolute Gasteiger partial charge is 0.333 e. The number of carbonyl (C=O) groups is 1. The number of rotatable bonds is 4. The molecule has 3 heteroatoms. The van der Waals surface area contributed by atoms with E-state index in [9.17, 15) is 4.79 Å². The maximum Gasteiger partial charge on any atom is 0.240 e. The molecule has 0 rings (SSSR count). The van der Waals surface area contributed by atoms with Crippen LogP contribution in [0.4, 0.5) is 0 Å². The Bertz CT molecular complexity index is 228. The van der Waals surface area contributed by atoms with E-state index in [2.05, 4.69) is 6.58 Å². The molecule has 0 heterocycles. The van der Waals surface area contributed by atoms with E-state index in [-0.39, 0.29) is 17.4 Å². The highest BCUT2D eigenvalue weighted by Gasteiger charge is 2.30. The molecule has 0 bridgehead atoms. The van der Waals surface area contributed by atoms with Gasteiger partial charge < -0.3 is 10.6 Å². The summed E-state index contributed by atoms with van der Waals surface area (Å²) in [5.74, 6) is 0.157. The van der Waals surface area contributed by atoms with Crippen LogP contribution in [0.15, 0.2) is 12.7 Å². The van der Waals surface area contributed by atoms with Crippen molar-refractivity contribution >= 4 is 5.91 Å². The van der Waals surface area contributed by atoms with Crippen LogP contribution < -0.4 is 5.73 Å². The fourth-order valence-corrected chi connectivity index (χ4v) is 1.29. The first-order chi connectivity index (χ1) is 6.71. The first-order valence-electron chi connectivity index (χ1n) is 5.39. The second kappa shape index (κ2) is 5.31. The molecule has 0 aromatic heterocycles. The fraction of sp³-hybridized carbons (Fsp3) is 0.750. The van der Waals surface area contributed by atoms with Crippen molar-refractivity contribution in [3.8, 4) is 0 Å². The third-order valence-corrected chi connectivity index (χ3v) is 2.39. The third-order valence-electron chi connectivity index (χ3n) is 2.39. The smallest absolute Gasteiger partial charge is 0.240 e. The maximum atomic E-state index is 12.1. The van der Waals surface area contributed by atoms with Crippen LogP contribution in [0, 0.1) is 5.92 Å². The zero-order valence-corrected chi connectivity index (χ0v) is 10.6. The monoisotopic (exact) mass is 212 g/mol. The summed E-state index contributed by atoms with van der Waals surface area (Å²) in [5.41, 5.74) is 5.65. The van der Waals surface area contributed by atoms with Crippen LogP contribution in [0.1, 0.15) is 34.6 Å². The number of amides is 1. The molecule has 1 unspecified atom stereocenters. The Labute approximate surface area is 93.3 Å². The highest BCUT2D eigenvalue weighted by atomic mass is 16.2. The van der Waals surface area contributed by atoms with Crippen LogP contribution >= 0.6 is 0 Å². The molecule has 0 fully saturated rings. The summed E-state index contributed by atoms with van der Waals surface area (Å²) >= 11 is 0. The van der Waals surface area contributed by atoms with E-state index < -0.39 is 6.04 Å². The van der Waals surface area contributed by atoms with Gasteiger partial charge in [0.1, 0.15) is 0 Å². The van der Waals surface area contributed by atoms with Crippen molar-refractivity contribution in [1.29, 1.82) is 0 Å². The number of nitrogens with zero attached hydrogens (tertiary/aromatic N) is 1. The summed E-state index contributed by atoms with van der Waals surface area (Å²) in [6.45, 7) is 14.1. The Kier molecular flexibility index (Phi) is 5.01. The number of nitrogens with two attached hydrogens (primary N) is 1. The van der Waals surface area contributed by atoms with Crippen molar-refractivity contribution in [2.75, 3.05) is 6.54 Å². The molecule has 2 N–H and O–H groups in total. The lowest BCUT2D eigenvalue weighted by Crippen LogP contribution is -2.53. The van der Waals surface area contributed by atoms with Gasteiger partial charge in [-0.1, -0.05) is 19.9 Å². The molecular weight excluding hydrogens is 188 g/mol. The number of carbonyl (C=O) groups excluding carboxylic acids is 1. The minimum atomic E-state index is -0.427. The molecule has 0 radical (unpaired) electrons. The van der Waals surface area contributed by atoms with E-state index >= 15 is 0 Å². The van der Waals surface area contributed by atoms with E-state index in [0.29, 0.717) is 6.54 Å². The van der Waals surface area contributed by atoms with E-state index in [1.807, 2.05) is 34.6 Å². The van der Waals surface area contributed by atoms with Gasteiger partial charge in [-0.15, -0.1) is 6.58 Å². The Morgan fingerprint density at radius 2 is 1.93 bits per heavy atom. The first-order valence-corrected chi connectivity index (χ1v) is 5.39. The van der Waals surface area contributed by atoms with E-state index in [1.165, 1.54) is 0 Å². The van der Waals surface area contributed by atoms with Crippen LogP contribution in [0.25, 0.3) is 0 Å². The lowest BCUT2D eigenvalue weighted by molar-refractivity contribution is -0.137. The van der Waals surface area contributed by atoms with Gasteiger partial charge in [0.2, 0.25) is 5.91 Å². The van der Waals surface area contributed by atoms with Gasteiger partial charge in [-0.3, -0.25) is 4.79 Å². The summed E-state index contributed by atoms with van der Waals surface area (Å²) in [5, 5.41) is 0. The average molecular weight is 212 g/mol. The van der Waals surface area contributed by atoms with Gasteiger partial charge in [0.25, 0.3) is 0 Å². The Morgan fingerprint density at radius 3 is 2.20 bits per heavy atom. The van der Waals surface area contributed by atoms with Crippen molar-refractivity contribution < 1.29 is 4.79 Å². The molecule has 3 nitrogen and oxygen atoms in total. The average Bonchev–Trinajstić information content (AvgIpc) is 2.09. The standard InChI is InChI=1S/C12H24N2O/c1-7-8-14(12(4,5)6)11(15)10(13)9(2)3/h7,9-10H,1,8,13H2,2-6H3. The van der Waals surface area contributed by atoms with Crippen molar-refractivity contribution in [2.45, 2.75) is 46.2 Å². The predicted molar refractivity (Wildman–Crippen MR) is 64.5 cm³/mol. The molecule has 0 aliphatic heterocycles. The molecule has 1 amide bonds. The van der Waals surface area contributed by atoms with Gasteiger partial charge >= 0.3 is 0 Å². The highest BCUT2D eigenvalue weighted by Crippen LogP contribution is 2.16. The van der Waals surface area contributed by atoms with Crippen LogP contribution in [0.2, 0.25) is 0 Å². The van der Waals surface area contributed by atoms with Crippen molar-refractivity contribution in [1.82, 2.24) is 4.90 Å². The lowest BCUT2D eigenvalue weighted by atomic mass is 9.99. The maximum absolute atomic E-state index is 12.1. The van der Waals surface area contributed by atoms with Crippen molar-refractivity contribution in [2.24, 2.45) is 11.7 Å². The fourth-order valence-electron chi connectivity index (χ4n) is 1.29. The number of hydrogen-bond acceptors (Lipinski definition) is 2. The third kappa shape index (κ3) is 4.04. The van der Waals surface area contributed by atoms with Crippen molar-refractivity contribution in [3.05, 3.63) is 12.7 Å². The van der Waals surface area contributed by atoms with Crippen molar-refractivity contribution in [3.63, 3.8) is 0 Å². The van der Waals surface area contributed by atoms with Gasteiger partial charge in [0, 0.05) is 12.1 Å². The second-order valence-electron chi connectivity index (χ2n) is 5.18. The molecule has 0 aliphatic rings. The zero-order valence-electron chi connectivity index (χ0n) is 10.6. The molecule has 1 atom stereocenters. The van der Waals surface area contributed by atoms with Gasteiger partial charge in [-0.2, -0.15) is 0 Å². The lowest BCUT2D eigenvalue weighted by Gasteiger charge is -2.37. The zero-order chi connectivity index (χ0) is 12.2. The molecule has 0 aliphatic carbocycles. The second-order valence-corrected chi connectivity index (χ2v) is 5.18. The minimum Gasteiger partial charge on any atom is -0.333 e. The summed E-state index contributed by atoms with van der Waals surface area (Å²) in [6, 6.07) is -0.427. The van der Waals surface area contributed by atoms with E-state index in [0.717, 1.165) is 0 Å². The molecule has 0 spiro atoms. The molecule has 88 valence electrons. The Morgan fingerprint density at radius 1 is 1.47 bits per heavy atom. The van der Waals surface area contributed by atoms with Gasteiger partial charge in [-0.25, -0.2) is 0 Å². The molecule has 0 aromatic carbocycles. The molecule has 0 aromatic rings. The summed E-state index contributed by atoms with van der Waals surface area (Å²) < 4.78 is 0. The van der Waals surface area contributed by atoms with Gasteiger partial charge in [0.15, 0.2) is 0 Å². The summed E-state index contributed by atoms with van der Waals surface area (Å²) in [7, 11) is 0. The van der Waals surface area contributed by atoms with Gasteiger partial charge in [-0.05, 0) is 26.7 Å². The predicted octanol–water partition coefficient (Wildman–Crippen LogP) is 1.78. The summed E-state index contributed by atoms with van der Waals surface area (Å²) in [4.78, 5) is 13.8. The topological polar surface area (TPSA) is 46.3 Å². The van der Waals surface area contributed by atoms with E-state index in [4.69, 9.17) is 5.73 Å². The van der Waals surface area contributed by atoms with Crippen LogP contribution in [-0.4, -0.2) is 28.9 Å². The van der Waals surface area contributed by atoms with Crippen LogP contribution in [-0.2, 0) is 4.79 Å². The normalized spacial score (nSPS) is 13.8.